The van der Waals surface area contributed by atoms with Gasteiger partial charge in [-0.1, -0.05) is 23.7 Å². The van der Waals surface area contributed by atoms with Crippen LogP contribution in [0.4, 0.5) is 10.1 Å². The Hall–Kier alpha value is -2.02. The molecule has 3 rings (SSSR count). The van der Waals surface area contributed by atoms with Gasteiger partial charge >= 0.3 is 0 Å². The summed E-state index contributed by atoms with van der Waals surface area (Å²) in [5.74, 6) is -0.813. The number of carbonyl (C=O) groups excluding carboxylic acids is 1. The number of thiocarbonyl (C=S) groups is 1. The van der Waals surface area contributed by atoms with Crippen LogP contribution in [-0.2, 0) is 4.79 Å². The largest absolute Gasteiger partial charge is 0.385 e. The van der Waals surface area contributed by atoms with Crippen LogP contribution in [0.15, 0.2) is 48.5 Å². The summed E-state index contributed by atoms with van der Waals surface area (Å²) in [6, 6.07) is 12.0. The van der Waals surface area contributed by atoms with Gasteiger partial charge in [0.1, 0.15) is 17.5 Å². The van der Waals surface area contributed by atoms with E-state index in [1.54, 1.807) is 31.2 Å². The van der Waals surface area contributed by atoms with E-state index in [9.17, 15) is 14.3 Å². The van der Waals surface area contributed by atoms with Crippen LogP contribution < -0.4 is 10.2 Å². The van der Waals surface area contributed by atoms with Crippen LogP contribution in [0.25, 0.3) is 0 Å². The fourth-order valence-electron chi connectivity index (χ4n) is 2.64. The standard InChI is InChI=1S/C17H14ClFN2O2S/c1-17(14(22)10-2-6-12(19)7-3-10)15(23)21(16(24)20-17)13-8-4-11(18)5-9-13/h2-9,14,22H,1H3,(H,20,24)/t14-,17+/m0/s1. The average molecular weight is 365 g/mol. The highest BCUT2D eigenvalue weighted by Crippen LogP contribution is 2.34. The Balaban J connectivity index is 1.94. The zero-order valence-corrected chi connectivity index (χ0v) is 14.2. The van der Waals surface area contributed by atoms with E-state index in [4.69, 9.17) is 23.8 Å². The number of hydrogen-bond acceptors (Lipinski definition) is 3. The molecule has 1 heterocycles. The van der Waals surface area contributed by atoms with Crippen molar-refractivity contribution in [2.24, 2.45) is 0 Å². The Morgan fingerprint density at radius 2 is 1.79 bits per heavy atom. The molecule has 0 aromatic heterocycles. The van der Waals surface area contributed by atoms with Crippen LogP contribution in [-0.4, -0.2) is 21.7 Å². The van der Waals surface area contributed by atoms with E-state index in [1.165, 1.54) is 29.2 Å². The van der Waals surface area contributed by atoms with Crippen LogP contribution in [0, 0.1) is 5.82 Å². The van der Waals surface area contributed by atoms with Crippen LogP contribution in [0.2, 0.25) is 5.02 Å². The van der Waals surface area contributed by atoms with Crippen LogP contribution >= 0.6 is 23.8 Å². The molecule has 4 nitrogen and oxygen atoms in total. The highest BCUT2D eigenvalue weighted by Gasteiger charge is 2.51. The Bertz CT molecular complexity index is 797. The van der Waals surface area contributed by atoms with Gasteiger partial charge in [-0.05, 0) is 61.1 Å². The van der Waals surface area contributed by atoms with Gasteiger partial charge in [0.25, 0.3) is 5.91 Å². The maximum Gasteiger partial charge on any atom is 0.261 e. The van der Waals surface area contributed by atoms with Gasteiger partial charge < -0.3 is 10.4 Å². The number of rotatable bonds is 3. The molecule has 2 atom stereocenters. The third-order valence-corrected chi connectivity index (χ3v) is 4.57. The Morgan fingerprint density at radius 3 is 2.38 bits per heavy atom. The maximum absolute atomic E-state index is 13.1. The quantitative estimate of drug-likeness (QED) is 0.821. The van der Waals surface area contributed by atoms with Crippen molar-refractivity contribution >= 4 is 40.5 Å². The van der Waals surface area contributed by atoms with Crippen molar-refractivity contribution in [1.82, 2.24) is 5.32 Å². The Morgan fingerprint density at radius 1 is 1.21 bits per heavy atom. The highest BCUT2D eigenvalue weighted by molar-refractivity contribution is 7.80. The molecule has 0 aliphatic carbocycles. The average Bonchev–Trinajstić information content (AvgIpc) is 2.79. The lowest BCUT2D eigenvalue weighted by atomic mass is 9.89. The second kappa shape index (κ2) is 6.12. The number of nitrogens with zero attached hydrogens (tertiary/aromatic N) is 1. The van der Waals surface area contributed by atoms with Crippen molar-refractivity contribution in [2.45, 2.75) is 18.6 Å². The van der Waals surface area contributed by atoms with E-state index in [1.807, 2.05) is 0 Å². The van der Waals surface area contributed by atoms with Gasteiger partial charge in [0.05, 0.1) is 5.69 Å². The molecule has 0 spiro atoms. The molecule has 1 aliphatic heterocycles. The minimum absolute atomic E-state index is 0.186. The predicted molar refractivity (Wildman–Crippen MR) is 94.4 cm³/mol. The summed E-state index contributed by atoms with van der Waals surface area (Å²) in [5.41, 5.74) is -0.383. The molecule has 2 N–H and O–H groups in total. The van der Waals surface area contributed by atoms with Gasteiger partial charge in [0.2, 0.25) is 0 Å². The van der Waals surface area contributed by atoms with Crippen molar-refractivity contribution in [2.75, 3.05) is 4.90 Å². The topological polar surface area (TPSA) is 52.6 Å². The summed E-state index contributed by atoms with van der Waals surface area (Å²) in [5, 5.41) is 14.3. The molecular weight excluding hydrogens is 351 g/mol. The molecule has 1 aliphatic rings. The first-order valence-corrected chi connectivity index (χ1v) is 7.97. The van der Waals surface area contributed by atoms with Crippen molar-refractivity contribution in [3.05, 3.63) is 64.9 Å². The number of amides is 1. The molecule has 0 unspecified atom stereocenters. The minimum atomic E-state index is -1.35. The molecule has 124 valence electrons. The second-order valence-electron chi connectivity index (χ2n) is 5.70. The fourth-order valence-corrected chi connectivity index (χ4v) is 3.17. The molecule has 7 heteroatoms. The van der Waals surface area contributed by atoms with Gasteiger partial charge in [-0.25, -0.2) is 4.39 Å². The van der Waals surface area contributed by atoms with Crippen LogP contribution in [0.5, 0.6) is 0 Å². The number of halogens is 2. The molecule has 1 fully saturated rings. The SMILES string of the molecule is C[C@]1([C@@H](O)c2ccc(F)cc2)NC(=S)N(c2ccc(Cl)cc2)C1=O. The minimum Gasteiger partial charge on any atom is -0.385 e. The zero-order valence-electron chi connectivity index (χ0n) is 12.7. The molecule has 1 saturated heterocycles. The van der Waals surface area contributed by atoms with Crippen molar-refractivity contribution in [3.8, 4) is 0 Å². The van der Waals surface area contributed by atoms with E-state index in [0.29, 0.717) is 16.3 Å². The summed E-state index contributed by atoms with van der Waals surface area (Å²) >= 11 is 11.1. The van der Waals surface area contributed by atoms with Crippen molar-refractivity contribution in [1.29, 1.82) is 0 Å². The lowest BCUT2D eigenvalue weighted by Crippen LogP contribution is -2.49. The lowest BCUT2D eigenvalue weighted by Gasteiger charge is -2.28. The van der Waals surface area contributed by atoms with Gasteiger partial charge in [-0.2, -0.15) is 0 Å². The summed E-state index contributed by atoms with van der Waals surface area (Å²) in [6.07, 6.45) is -1.19. The molecule has 0 saturated carbocycles. The van der Waals surface area contributed by atoms with E-state index in [2.05, 4.69) is 5.32 Å². The van der Waals surface area contributed by atoms with Crippen LogP contribution in [0.1, 0.15) is 18.6 Å². The van der Waals surface area contributed by atoms with Gasteiger partial charge in [-0.3, -0.25) is 9.69 Å². The van der Waals surface area contributed by atoms with E-state index < -0.39 is 23.4 Å². The normalized spacial score (nSPS) is 21.8. The monoisotopic (exact) mass is 364 g/mol. The molecular formula is C17H14ClFN2O2S. The zero-order chi connectivity index (χ0) is 17.5. The second-order valence-corrected chi connectivity index (χ2v) is 6.53. The summed E-state index contributed by atoms with van der Waals surface area (Å²) in [7, 11) is 0. The first-order chi connectivity index (χ1) is 11.3. The third-order valence-electron chi connectivity index (χ3n) is 4.03. The molecule has 1 amide bonds. The number of nitrogens with one attached hydrogen (secondary N) is 1. The summed E-state index contributed by atoms with van der Waals surface area (Å²) in [4.78, 5) is 14.2. The number of aliphatic hydroxyl groups is 1. The lowest BCUT2D eigenvalue weighted by molar-refractivity contribution is -0.125. The van der Waals surface area contributed by atoms with Crippen molar-refractivity contribution in [3.63, 3.8) is 0 Å². The number of carbonyl (C=O) groups is 1. The molecule has 0 bridgehead atoms. The smallest absolute Gasteiger partial charge is 0.261 e. The van der Waals surface area contributed by atoms with Crippen LogP contribution in [0.3, 0.4) is 0 Å². The highest BCUT2D eigenvalue weighted by atomic mass is 35.5. The molecule has 24 heavy (non-hydrogen) atoms. The van der Waals surface area contributed by atoms with Crippen molar-refractivity contribution < 1.29 is 14.3 Å². The maximum atomic E-state index is 13.1. The number of hydrogen-bond donors (Lipinski definition) is 2. The summed E-state index contributed by atoms with van der Waals surface area (Å²) < 4.78 is 13.1. The van der Waals surface area contributed by atoms with Gasteiger partial charge in [-0.15, -0.1) is 0 Å². The van der Waals surface area contributed by atoms with E-state index in [0.717, 1.165) is 0 Å². The Labute approximate surface area is 148 Å². The van der Waals surface area contributed by atoms with E-state index >= 15 is 0 Å². The first kappa shape index (κ1) is 16.8. The number of benzene rings is 2. The molecule has 0 radical (unpaired) electrons. The van der Waals surface area contributed by atoms with E-state index in [-0.39, 0.29) is 5.11 Å². The number of anilines is 1. The first-order valence-electron chi connectivity index (χ1n) is 7.19. The van der Waals surface area contributed by atoms with Gasteiger partial charge in [0.15, 0.2) is 5.11 Å². The molecule has 2 aromatic carbocycles. The third kappa shape index (κ3) is 2.77. The predicted octanol–water partition coefficient (Wildman–Crippen LogP) is 3.19. The number of aliphatic hydroxyl groups excluding tert-OH is 1. The summed E-state index contributed by atoms with van der Waals surface area (Å²) in [6.45, 7) is 1.56. The fraction of sp³-hybridized carbons (Fsp3) is 0.176. The van der Waals surface area contributed by atoms with Gasteiger partial charge in [0, 0.05) is 5.02 Å². The Kier molecular flexibility index (Phi) is 4.29. The molecule has 2 aromatic rings.